The summed E-state index contributed by atoms with van der Waals surface area (Å²) in [5, 5.41) is 13.8. The minimum Gasteiger partial charge on any atom is -0.481 e. The Labute approximate surface area is 137 Å². The number of carboxylic acids is 1. The Balaban J connectivity index is 2.37. The van der Waals surface area contributed by atoms with E-state index in [0.29, 0.717) is 10.8 Å². The monoisotopic (exact) mass is 337 g/mol. The largest absolute Gasteiger partial charge is 0.481 e. The molecule has 0 fully saturated rings. The summed E-state index contributed by atoms with van der Waals surface area (Å²) in [6.45, 7) is 3.00. The number of carboxylic acid groups (broad SMARTS) is 1. The van der Waals surface area contributed by atoms with Crippen molar-refractivity contribution >= 4 is 23.4 Å². The van der Waals surface area contributed by atoms with Crippen molar-refractivity contribution in [2.45, 2.75) is 26.5 Å². The molecule has 0 aliphatic heterocycles. The SMILES string of the molecule is CCC(C)(C(=O)O)C(=O)C(Oc1ccc(Cl)cc1)n1cncn1. The van der Waals surface area contributed by atoms with Gasteiger partial charge in [-0.3, -0.25) is 9.59 Å². The molecule has 2 unspecified atom stereocenters. The van der Waals surface area contributed by atoms with Crippen LogP contribution in [0.3, 0.4) is 0 Å². The van der Waals surface area contributed by atoms with Crippen LogP contribution in [0, 0.1) is 5.41 Å². The first kappa shape index (κ1) is 17.0. The molecule has 122 valence electrons. The minimum absolute atomic E-state index is 0.121. The van der Waals surface area contributed by atoms with Gasteiger partial charge >= 0.3 is 5.97 Å². The normalized spacial score (nSPS) is 14.7. The second kappa shape index (κ2) is 6.78. The number of aliphatic carboxylic acids is 1. The summed E-state index contributed by atoms with van der Waals surface area (Å²) < 4.78 is 6.85. The molecule has 0 amide bonds. The van der Waals surface area contributed by atoms with Crippen LogP contribution < -0.4 is 4.74 Å². The molecule has 1 aromatic heterocycles. The summed E-state index contributed by atoms with van der Waals surface area (Å²) in [5.74, 6) is -1.46. The van der Waals surface area contributed by atoms with Crippen molar-refractivity contribution in [3.63, 3.8) is 0 Å². The lowest BCUT2D eigenvalue weighted by molar-refractivity contribution is -0.159. The van der Waals surface area contributed by atoms with E-state index in [0.717, 1.165) is 0 Å². The molecule has 0 radical (unpaired) electrons. The van der Waals surface area contributed by atoms with Crippen molar-refractivity contribution < 1.29 is 19.4 Å². The number of carbonyl (C=O) groups excluding carboxylic acids is 1. The van der Waals surface area contributed by atoms with Crippen molar-refractivity contribution in [3.8, 4) is 5.75 Å². The Morgan fingerprint density at radius 1 is 1.39 bits per heavy atom. The van der Waals surface area contributed by atoms with Crippen LogP contribution in [0.5, 0.6) is 5.75 Å². The van der Waals surface area contributed by atoms with Gasteiger partial charge in [0.1, 0.15) is 23.8 Å². The van der Waals surface area contributed by atoms with Crippen LogP contribution in [-0.4, -0.2) is 31.6 Å². The molecule has 7 nitrogen and oxygen atoms in total. The number of aromatic nitrogens is 3. The zero-order valence-corrected chi connectivity index (χ0v) is 13.4. The molecule has 0 saturated heterocycles. The summed E-state index contributed by atoms with van der Waals surface area (Å²) in [6.07, 6.45) is 1.43. The Morgan fingerprint density at radius 3 is 2.52 bits per heavy atom. The summed E-state index contributed by atoms with van der Waals surface area (Å²) in [5.41, 5.74) is -1.59. The maximum absolute atomic E-state index is 12.8. The number of hydrogen-bond donors (Lipinski definition) is 1. The zero-order chi connectivity index (χ0) is 17.0. The Bertz CT molecular complexity index is 687. The van der Waals surface area contributed by atoms with Crippen molar-refractivity contribution in [2.24, 2.45) is 5.41 Å². The summed E-state index contributed by atoms with van der Waals surface area (Å²) >= 11 is 5.82. The first-order valence-electron chi connectivity index (χ1n) is 6.92. The van der Waals surface area contributed by atoms with E-state index in [1.165, 1.54) is 24.3 Å². The second-order valence-corrected chi connectivity index (χ2v) is 5.59. The molecule has 1 heterocycles. The van der Waals surface area contributed by atoms with E-state index < -0.39 is 23.4 Å². The number of nitrogens with zero attached hydrogens (tertiary/aromatic N) is 3. The van der Waals surface area contributed by atoms with Gasteiger partial charge in [-0.05, 0) is 37.6 Å². The summed E-state index contributed by atoms with van der Waals surface area (Å²) in [7, 11) is 0. The quantitative estimate of drug-likeness (QED) is 0.780. The molecule has 0 aliphatic carbocycles. The summed E-state index contributed by atoms with van der Waals surface area (Å²) in [4.78, 5) is 28.1. The first-order valence-corrected chi connectivity index (χ1v) is 7.30. The Morgan fingerprint density at radius 2 is 2.04 bits per heavy atom. The zero-order valence-electron chi connectivity index (χ0n) is 12.6. The number of ether oxygens (including phenoxy) is 1. The van der Waals surface area contributed by atoms with Gasteiger partial charge in [-0.25, -0.2) is 9.67 Å². The van der Waals surface area contributed by atoms with E-state index in [2.05, 4.69) is 10.1 Å². The van der Waals surface area contributed by atoms with E-state index in [9.17, 15) is 14.7 Å². The summed E-state index contributed by atoms with van der Waals surface area (Å²) in [6, 6.07) is 6.39. The van der Waals surface area contributed by atoms with Crippen LogP contribution in [0.15, 0.2) is 36.9 Å². The molecule has 2 rings (SSSR count). The van der Waals surface area contributed by atoms with Gasteiger partial charge in [0.05, 0.1) is 0 Å². The third-order valence-corrected chi connectivity index (χ3v) is 3.94. The van der Waals surface area contributed by atoms with Crippen molar-refractivity contribution in [2.75, 3.05) is 0 Å². The van der Waals surface area contributed by atoms with Gasteiger partial charge in [0, 0.05) is 5.02 Å². The predicted octanol–water partition coefficient (Wildman–Crippen LogP) is 2.58. The lowest BCUT2D eigenvalue weighted by Crippen LogP contribution is -2.42. The van der Waals surface area contributed by atoms with E-state index in [4.69, 9.17) is 16.3 Å². The second-order valence-electron chi connectivity index (χ2n) is 5.15. The van der Waals surface area contributed by atoms with Crippen LogP contribution in [0.2, 0.25) is 5.02 Å². The van der Waals surface area contributed by atoms with Crippen LogP contribution in [0.4, 0.5) is 0 Å². The van der Waals surface area contributed by atoms with E-state index in [1.54, 1.807) is 31.2 Å². The highest BCUT2D eigenvalue weighted by molar-refractivity contribution is 6.30. The average molecular weight is 338 g/mol. The highest BCUT2D eigenvalue weighted by Gasteiger charge is 2.45. The highest BCUT2D eigenvalue weighted by Crippen LogP contribution is 2.30. The predicted molar refractivity (Wildman–Crippen MR) is 82.2 cm³/mol. The number of hydrogen-bond acceptors (Lipinski definition) is 5. The fourth-order valence-corrected chi connectivity index (χ4v) is 2.04. The standard InChI is InChI=1S/C15H16ClN3O4/c1-3-15(2,14(21)22)12(20)13(19-9-17-8-18-19)23-11-6-4-10(16)5-7-11/h4-9,13H,3H2,1-2H3,(H,21,22). The van der Waals surface area contributed by atoms with Gasteiger partial charge in [-0.2, -0.15) is 5.10 Å². The molecule has 2 aromatic rings. The number of rotatable bonds is 7. The van der Waals surface area contributed by atoms with Gasteiger partial charge in [-0.15, -0.1) is 0 Å². The number of carbonyl (C=O) groups is 2. The fraction of sp³-hybridized carbons (Fsp3) is 0.333. The molecule has 0 spiro atoms. The van der Waals surface area contributed by atoms with Crippen molar-refractivity contribution in [1.29, 1.82) is 0 Å². The van der Waals surface area contributed by atoms with Crippen molar-refractivity contribution in [3.05, 3.63) is 41.9 Å². The molecular formula is C15H16ClN3O4. The van der Waals surface area contributed by atoms with Gasteiger partial charge in [0.15, 0.2) is 0 Å². The molecule has 0 bridgehead atoms. The lowest BCUT2D eigenvalue weighted by Gasteiger charge is -2.27. The molecule has 1 aromatic carbocycles. The molecular weight excluding hydrogens is 322 g/mol. The molecule has 1 N–H and O–H groups in total. The topological polar surface area (TPSA) is 94.3 Å². The Kier molecular flexibility index (Phi) is 5.00. The maximum atomic E-state index is 12.8. The van der Waals surface area contributed by atoms with Gasteiger partial charge < -0.3 is 9.84 Å². The van der Waals surface area contributed by atoms with E-state index >= 15 is 0 Å². The van der Waals surface area contributed by atoms with Crippen LogP contribution in [0.25, 0.3) is 0 Å². The third-order valence-electron chi connectivity index (χ3n) is 3.69. The highest BCUT2D eigenvalue weighted by atomic mass is 35.5. The molecule has 23 heavy (non-hydrogen) atoms. The molecule has 8 heteroatoms. The smallest absolute Gasteiger partial charge is 0.317 e. The van der Waals surface area contributed by atoms with Gasteiger partial charge in [0.2, 0.25) is 5.78 Å². The Hall–Kier alpha value is -2.41. The molecule has 0 aliphatic rings. The van der Waals surface area contributed by atoms with Crippen molar-refractivity contribution in [1.82, 2.24) is 14.8 Å². The van der Waals surface area contributed by atoms with Crippen LogP contribution in [0.1, 0.15) is 26.5 Å². The fourth-order valence-electron chi connectivity index (χ4n) is 1.91. The number of ketones is 1. The number of Topliss-reactive ketones (excluding diaryl/α,β-unsaturated/α-hetero) is 1. The number of benzene rings is 1. The minimum atomic E-state index is -1.59. The first-order chi connectivity index (χ1) is 10.9. The third kappa shape index (κ3) is 3.50. The maximum Gasteiger partial charge on any atom is 0.317 e. The molecule has 0 saturated carbocycles. The van der Waals surface area contributed by atoms with Gasteiger partial charge in [-0.1, -0.05) is 18.5 Å². The van der Waals surface area contributed by atoms with Crippen LogP contribution in [-0.2, 0) is 9.59 Å². The van der Waals surface area contributed by atoms with E-state index in [1.807, 2.05) is 0 Å². The number of halogens is 1. The van der Waals surface area contributed by atoms with E-state index in [-0.39, 0.29) is 6.42 Å². The lowest BCUT2D eigenvalue weighted by atomic mass is 9.82. The average Bonchev–Trinajstić information content (AvgIpc) is 3.06. The van der Waals surface area contributed by atoms with Gasteiger partial charge in [0.25, 0.3) is 6.23 Å². The molecule has 2 atom stereocenters. The van der Waals surface area contributed by atoms with Crippen LogP contribution >= 0.6 is 11.6 Å².